The number of hydrogen-bond donors (Lipinski definition) is 2. The summed E-state index contributed by atoms with van der Waals surface area (Å²) < 4.78 is 0. The Balaban J connectivity index is 2.23. The predicted molar refractivity (Wildman–Crippen MR) is 86.6 cm³/mol. The van der Waals surface area contributed by atoms with E-state index < -0.39 is 0 Å². The van der Waals surface area contributed by atoms with Crippen LogP contribution in [0.15, 0.2) is 48.5 Å². The second-order valence-electron chi connectivity index (χ2n) is 5.02. The lowest BCUT2D eigenvalue weighted by Crippen LogP contribution is -2.15. The number of benzene rings is 2. The van der Waals surface area contributed by atoms with Crippen LogP contribution in [0.3, 0.4) is 0 Å². The van der Waals surface area contributed by atoms with Gasteiger partial charge in [-0.05, 0) is 13.8 Å². The molecular weight excluding hydrogens is 276 g/mol. The zero-order valence-electron chi connectivity index (χ0n) is 12.4. The molecule has 2 aromatic rings. The topological polar surface area (TPSA) is 81.8 Å². The van der Waals surface area contributed by atoms with Crippen molar-refractivity contribution in [1.29, 1.82) is 10.8 Å². The lowest BCUT2D eigenvalue weighted by Gasteiger charge is -2.08. The predicted octanol–water partition coefficient (Wildman–Crippen LogP) is 3.53. The number of carbonyl (C=O) groups is 2. The Morgan fingerprint density at radius 2 is 0.818 bits per heavy atom. The Kier molecular flexibility index (Phi) is 4.41. The van der Waals surface area contributed by atoms with Crippen molar-refractivity contribution in [3.63, 3.8) is 0 Å². The van der Waals surface area contributed by atoms with Gasteiger partial charge >= 0.3 is 0 Å². The first kappa shape index (κ1) is 15.5. The highest BCUT2D eigenvalue weighted by Gasteiger charge is 2.11. The van der Waals surface area contributed by atoms with Crippen LogP contribution in [0.25, 0.3) is 0 Å². The molecule has 0 saturated heterocycles. The lowest BCUT2D eigenvalue weighted by molar-refractivity contribution is 0.100. The van der Waals surface area contributed by atoms with Gasteiger partial charge in [0.2, 0.25) is 0 Å². The van der Waals surface area contributed by atoms with E-state index in [1.54, 1.807) is 48.5 Å². The van der Waals surface area contributed by atoms with Gasteiger partial charge in [0, 0.05) is 22.3 Å². The molecule has 0 spiro atoms. The summed E-state index contributed by atoms with van der Waals surface area (Å²) in [7, 11) is 0. The highest BCUT2D eigenvalue weighted by Crippen LogP contribution is 2.11. The van der Waals surface area contributed by atoms with E-state index in [9.17, 15) is 9.59 Å². The van der Waals surface area contributed by atoms with Gasteiger partial charge in [0.05, 0.1) is 11.4 Å². The van der Waals surface area contributed by atoms with Gasteiger partial charge in [0.25, 0.3) is 0 Å². The zero-order chi connectivity index (χ0) is 16.3. The summed E-state index contributed by atoms with van der Waals surface area (Å²) in [6, 6.07) is 13.3. The third-order valence-corrected chi connectivity index (χ3v) is 3.41. The molecule has 0 fully saturated rings. The fourth-order valence-corrected chi connectivity index (χ4v) is 2.03. The second kappa shape index (κ2) is 6.26. The SMILES string of the molecule is CC(=O)c1ccc(C(=N)C(=N)c2ccc(C(C)=O)cc2)cc1. The first-order valence-electron chi connectivity index (χ1n) is 6.80. The van der Waals surface area contributed by atoms with Crippen LogP contribution in [-0.2, 0) is 0 Å². The summed E-state index contributed by atoms with van der Waals surface area (Å²) in [5.41, 5.74) is 2.45. The average molecular weight is 292 g/mol. The Labute approximate surface area is 128 Å². The highest BCUT2D eigenvalue weighted by atomic mass is 16.1. The van der Waals surface area contributed by atoms with E-state index >= 15 is 0 Å². The highest BCUT2D eigenvalue weighted by molar-refractivity contribution is 6.51. The molecule has 0 aliphatic carbocycles. The molecule has 0 aromatic heterocycles. The summed E-state index contributed by atoms with van der Waals surface area (Å²) in [5.74, 6) is -0.0686. The van der Waals surface area contributed by atoms with E-state index in [0.717, 1.165) is 0 Å². The number of nitrogens with one attached hydrogen (secondary N) is 2. The molecule has 110 valence electrons. The van der Waals surface area contributed by atoms with Crippen molar-refractivity contribution in [2.24, 2.45) is 0 Å². The summed E-state index contributed by atoms with van der Waals surface area (Å²) >= 11 is 0. The first-order valence-corrected chi connectivity index (χ1v) is 6.80. The molecule has 0 atom stereocenters. The summed E-state index contributed by atoms with van der Waals surface area (Å²) in [5, 5.41) is 16.2. The number of hydrogen-bond acceptors (Lipinski definition) is 4. The smallest absolute Gasteiger partial charge is 0.159 e. The summed E-state index contributed by atoms with van der Waals surface area (Å²) in [4.78, 5) is 22.5. The van der Waals surface area contributed by atoms with Crippen LogP contribution >= 0.6 is 0 Å². The van der Waals surface area contributed by atoms with Gasteiger partial charge in [-0.3, -0.25) is 20.4 Å². The van der Waals surface area contributed by atoms with Gasteiger partial charge < -0.3 is 0 Å². The van der Waals surface area contributed by atoms with Crippen molar-refractivity contribution in [3.8, 4) is 0 Å². The van der Waals surface area contributed by atoms with Crippen molar-refractivity contribution >= 4 is 23.0 Å². The van der Waals surface area contributed by atoms with Crippen LogP contribution in [-0.4, -0.2) is 23.0 Å². The third kappa shape index (κ3) is 3.23. The van der Waals surface area contributed by atoms with E-state index in [2.05, 4.69) is 0 Å². The summed E-state index contributed by atoms with van der Waals surface area (Å²) in [6.07, 6.45) is 0. The van der Waals surface area contributed by atoms with E-state index in [4.69, 9.17) is 10.8 Å². The first-order chi connectivity index (χ1) is 10.4. The molecule has 0 heterocycles. The molecule has 2 N–H and O–H groups in total. The van der Waals surface area contributed by atoms with Gasteiger partial charge in [0.1, 0.15) is 0 Å². The molecule has 0 amide bonds. The lowest BCUT2D eigenvalue weighted by atomic mass is 9.97. The molecule has 0 radical (unpaired) electrons. The standard InChI is InChI=1S/C18H16N2O2/c1-11(21)13-3-7-15(8-4-13)17(19)18(20)16-9-5-14(6-10-16)12(2)22/h3-10,19-20H,1-2H3. The van der Waals surface area contributed by atoms with Crippen LogP contribution in [0.1, 0.15) is 45.7 Å². The largest absolute Gasteiger partial charge is 0.298 e. The molecule has 0 saturated carbocycles. The molecule has 2 aromatic carbocycles. The minimum absolute atomic E-state index is 0.0343. The molecule has 0 aliphatic rings. The molecule has 0 unspecified atom stereocenters. The maximum absolute atomic E-state index is 11.2. The van der Waals surface area contributed by atoms with E-state index in [1.165, 1.54) is 13.8 Å². The fraction of sp³-hybridized carbons (Fsp3) is 0.111. The average Bonchev–Trinajstić information content (AvgIpc) is 2.53. The monoisotopic (exact) mass is 292 g/mol. The zero-order valence-corrected chi connectivity index (χ0v) is 12.4. The van der Waals surface area contributed by atoms with Gasteiger partial charge in [-0.1, -0.05) is 48.5 Å². The Morgan fingerprint density at radius 3 is 1.05 bits per heavy atom. The number of carbonyl (C=O) groups excluding carboxylic acids is 2. The quantitative estimate of drug-likeness (QED) is 0.653. The molecule has 2 rings (SSSR count). The molecule has 22 heavy (non-hydrogen) atoms. The van der Waals surface area contributed by atoms with Crippen LogP contribution in [0, 0.1) is 10.8 Å². The van der Waals surface area contributed by atoms with E-state index in [1.807, 2.05) is 0 Å². The number of Topliss-reactive ketones (excluding diaryl/α,β-unsaturated/α-hetero) is 2. The molecule has 0 bridgehead atoms. The minimum Gasteiger partial charge on any atom is -0.298 e. The van der Waals surface area contributed by atoms with Crippen LogP contribution < -0.4 is 0 Å². The van der Waals surface area contributed by atoms with Gasteiger partial charge in [0.15, 0.2) is 11.6 Å². The van der Waals surface area contributed by atoms with Crippen LogP contribution in [0.2, 0.25) is 0 Å². The maximum atomic E-state index is 11.2. The van der Waals surface area contributed by atoms with Crippen molar-refractivity contribution < 1.29 is 9.59 Å². The maximum Gasteiger partial charge on any atom is 0.159 e. The molecule has 4 heteroatoms. The summed E-state index contributed by atoms with van der Waals surface area (Å²) in [6.45, 7) is 2.97. The molecule has 4 nitrogen and oxygen atoms in total. The number of ketones is 2. The Morgan fingerprint density at radius 1 is 0.591 bits per heavy atom. The van der Waals surface area contributed by atoms with Gasteiger partial charge in [-0.2, -0.15) is 0 Å². The second-order valence-corrected chi connectivity index (χ2v) is 5.02. The molecule has 0 aliphatic heterocycles. The van der Waals surface area contributed by atoms with Crippen molar-refractivity contribution in [2.75, 3.05) is 0 Å². The van der Waals surface area contributed by atoms with Crippen molar-refractivity contribution in [1.82, 2.24) is 0 Å². The molecular formula is C18H16N2O2. The van der Waals surface area contributed by atoms with Crippen molar-refractivity contribution in [3.05, 3.63) is 70.8 Å². The third-order valence-electron chi connectivity index (χ3n) is 3.41. The Hall–Kier alpha value is -2.88. The van der Waals surface area contributed by atoms with E-state index in [0.29, 0.717) is 22.3 Å². The Bertz CT molecular complexity index is 689. The van der Waals surface area contributed by atoms with E-state index in [-0.39, 0.29) is 23.0 Å². The van der Waals surface area contributed by atoms with Crippen LogP contribution in [0.4, 0.5) is 0 Å². The van der Waals surface area contributed by atoms with Gasteiger partial charge in [-0.15, -0.1) is 0 Å². The fourth-order valence-electron chi connectivity index (χ4n) is 2.03. The normalized spacial score (nSPS) is 10.1. The number of rotatable bonds is 5. The van der Waals surface area contributed by atoms with Crippen molar-refractivity contribution in [2.45, 2.75) is 13.8 Å². The van der Waals surface area contributed by atoms with Gasteiger partial charge in [-0.25, -0.2) is 0 Å². The minimum atomic E-state index is -0.0343. The van der Waals surface area contributed by atoms with Crippen LogP contribution in [0.5, 0.6) is 0 Å².